The lowest BCUT2D eigenvalue weighted by atomic mass is 10.1. The molecule has 1 aromatic heterocycles. The molecule has 0 bridgehead atoms. The molecule has 0 atom stereocenters. The molecule has 2 heterocycles. The van der Waals surface area contributed by atoms with Crippen LogP contribution in [0, 0.1) is 0 Å². The third-order valence-electron chi connectivity index (χ3n) is 6.22. The van der Waals surface area contributed by atoms with Crippen LogP contribution < -0.4 is 10.6 Å². The van der Waals surface area contributed by atoms with E-state index < -0.39 is 0 Å². The van der Waals surface area contributed by atoms with E-state index in [1.807, 2.05) is 59.8 Å². The Labute approximate surface area is 216 Å². The van der Waals surface area contributed by atoms with Gasteiger partial charge in [-0.25, -0.2) is 4.98 Å². The topological polar surface area (TPSA) is 86.8 Å². The average Bonchev–Trinajstić information content (AvgIpc) is 3.21. The van der Waals surface area contributed by atoms with Gasteiger partial charge in [0.2, 0.25) is 5.91 Å². The molecule has 2 aliphatic rings. The van der Waals surface area contributed by atoms with Crippen LogP contribution in [0.2, 0.25) is 0 Å². The van der Waals surface area contributed by atoms with Crippen LogP contribution >= 0.6 is 11.3 Å². The van der Waals surface area contributed by atoms with Crippen LogP contribution in [0.25, 0.3) is 11.3 Å². The van der Waals surface area contributed by atoms with E-state index in [9.17, 15) is 9.59 Å². The molecule has 36 heavy (non-hydrogen) atoms. The Morgan fingerprint density at radius 3 is 2.69 bits per heavy atom. The maximum Gasteiger partial charge on any atom is 0.257 e. The van der Waals surface area contributed by atoms with Crippen LogP contribution in [-0.4, -0.2) is 73.0 Å². The van der Waals surface area contributed by atoms with Gasteiger partial charge in [-0.15, -0.1) is 11.3 Å². The minimum absolute atomic E-state index is 0.118. The Morgan fingerprint density at radius 2 is 1.92 bits per heavy atom. The van der Waals surface area contributed by atoms with Gasteiger partial charge >= 0.3 is 0 Å². The zero-order chi connectivity index (χ0) is 25.3. The summed E-state index contributed by atoms with van der Waals surface area (Å²) in [5.74, 6) is -0.0563. The molecule has 2 N–H and O–H groups in total. The van der Waals surface area contributed by atoms with Crippen molar-refractivity contribution in [3.05, 3.63) is 70.8 Å². The van der Waals surface area contributed by atoms with Crippen molar-refractivity contribution in [2.75, 3.05) is 51.7 Å². The Morgan fingerprint density at radius 1 is 1.11 bits per heavy atom. The second-order valence-corrected chi connectivity index (χ2v) is 9.51. The molecule has 1 aliphatic heterocycles. The number of anilines is 1. The van der Waals surface area contributed by atoms with Crippen molar-refractivity contribution < 1.29 is 14.3 Å². The highest BCUT2D eigenvalue weighted by atomic mass is 32.1. The molecule has 1 fully saturated rings. The summed E-state index contributed by atoms with van der Waals surface area (Å²) in [5, 5.41) is 8.54. The first-order chi connectivity index (χ1) is 17.5. The summed E-state index contributed by atoms with van der Waals surface area (Å²) >= 11 is 1.41. The van der Waals surface area contributed by atoms with Crippen LogP contribution in [0.5, 0.6) is 0 Å². The molecule has 1 aliphatic carbocycles. The quantitative estimate of drug-likeness (QED) is 0.506. The van der Waals surface area contributed by atoms with Gasteiger partial charge in [0.25, 0.3) is 5.91 Å². The van der Waals surface area contributed by atoms with E-state index in [0.29, 0.717) is 30.3 Å². The first kappa shape index (κ1) is 25.8. The van der Waals surface area contributed by atoms with E-state index in [4.69, 9.17) is 4.74 Å². The standard InChI is InChI=1S/C27H33N5O3S/c1-20(33)31-13-15-32(16-14-31)23-8-5-7-21(10-11-23)26(34)30-27-29-25(19-36-27)24-9-4-3-6-22(24)18-35-17-12-28-2/h3-4,6-11,19,28H,5,12-18H2,1-2H3,(H,29,30,34). The van der Waals surface area contributed by atoms with Crippen molar-refractivity contribution in [3.8, 4) is 11.3 Å². The monoisotopic (exact) mass is 507 g/mol. The Hall–Kier alpha value is -3.27. The van der Waals surface area contributed by atoms with Crippen LogP contribution in [-0.2, 0) is 20.9 Å². The molecule has 2 aromatic rings. The fourth-order valence-electron chi connectivity index (χ4n) is 4.18. The number of piperazine rings is 1. The number of carbonyl (C=O) groups excluding carboxylic acids is 2. The number of allylic oxidation sites excluding steroid dienone is 3. The number of benzene rings is 1. The van der Waals surface area contributed by atoms with Gasteiger partial charge in [0.15, 0.2) is 5.13 Å². The number of hydrogen-bond donors (Lipinski definition) is 2. The largest absolute Gasteiger partial charge is 0.375 e. The number of likely N-dealkylation sites (N-methyl/N-ethyl adjacent to an activating group) is 1. The number of rotatable bonds is 9. The van der Waals surface area contributed by atoms with Crippen LogP contribution in [0.4, 0.5) is 5.13 Å². The van der Waals surface area contributed by atoms with Crippen molar-refractivity contribution in [2.24, 2.45) is 0 Å². The minimum atomic E-state index is -0.174. The highest BCUT2D eigenvalue weighted by molar-refractivity contribution is 7.14. The summed E-state index contributed by atoms with van der Waals surface area (Å²) in [6.45, 7) is 6.58. The summed E-state index contributed by atoms with van der Waals surface area (Å²) in [4.78, 5) is 33.3. The molecule has 0 spiro atoms. The van der Waals surface area contributed by atoms with Crippen molar-refractivity contribution in [1.29, 1.82) is 0 Å². The molecule has 2 amide bonds. The molecule has 1 aromatic carbocycles. The molecule has 0 radical (unpaired) electrons. The lowest BCUT2D eigenvalue weighted by Gasteiger charge is -2.36. The second-order valence-electron chi connectivity index (χ2n) is 8.66. The number of carbonyl (C=O) groups is 2. The molecule has 190 valence electrons. The van der Waals surface area contributed by atoms with E-state index in [-0.39, 0.29) is 11.8 Å². The summed E-state index contributed by atoms with van der Waals surface area (Å²) in [6, 6.07) is 8.04. The fraction of sp³-hybridized carbons (Fsp3) is 0.370. The van der Waals surface area contributed by atoms with Crippen molar-refractivity contribution in [1.82, 2.24) is 20.1 Å². The van der Waals surface area contributed by atoms with Crippen LogP contribution in [0.15, 0.2) is 65.2 Å². The summed E-state index contributed by atoms with van der Waals surface area (Å²) in [6.07, 6.45) is 8.56. The third kappa shape index (κ3) is 6.69. The second kappa shape index (κ2) is 12.6. The SMILES string of the molecule is CNCCOCc1ccccc1-c1csc(NC(=O)C2=CCC=C(N3CCN(C(C)=O)CC3)C=C2)n1. The maximum absolute atomic E-state index is 13.0. The van der Waals surface area contributed by atoms with E-state index in [1.54, 1.807) is 6.92 Å². The number of hydrogen-bond acceptors (Lipinski definition) is 7. The molecule has 9 heteroatoms. The van der Waals surface area contributed by atoms with Crippen LogP contribution in [0.3, 0.4) is 0 Å². The lowest BCUT2D eigenvalue weighted by Crippen LogP contribution is -2.47. The van der Waals surface area contributed by atoms with E-state index in [1.165, 1.54) is 11.3 Å². The van der Waals surface area contributed by atoms with Crippen molar-refractivity contribution in [3.63, 3.8) is 0 Å². The van der Waals surface area contributed by atoms with Gasteiger partial charge in [-0.2, -0.15) is 0 Å². The van der Waals surface area contributed by atoms with Gasteiger partial charge < -0.3 is 19.9 Å². The molecular weight excluding hydrogens is 474 g/mol. The minimum Gasteiger partial charge on any atom is -0.375 e. The van der Waals surface area contributed by atoms with Gasteiger partial charge in [-0.05, 0) is 31.2 Å². The molecular formula is C27H33N5O3S. The number of nitrogens with zero attached hydrogens (tertiary/aromatic N) is 3. The number of thiazole rings is 1. The molecule has 0 saturated carbocycles. The number of nitrogens with one attached hydrogen (secondary N) is 2. The van der Waals surface area contributed by atoms with E-state index in [2.05, 4.69) is 26.6 Å². The molecule has 0 unspecified atom stereocenters. The molecule has 8 nitrogen and oxygen atoms in total. The zero-order valence-electron chi connectivity index (χ0n) is 20.8. The molecule has 1 saturated heterocycles. The Balaban J connectivity index is 1.35. The number of aromatic nitrogens is 1. The highest BCUT2D eigenvalue weighted by Crippen LogP contribution is 2.28. The van der Waals surface area contributed by atoms with Crippen LogP contribution in [0.1, 0.15) is 18.9 Å². The molecule has 4 rings (SSSR count). The third-order valence-corrected chi connectivity index (χ3v) is 6.98. The zero-order valence-corrected chi connectivity index (χ0v) is 21.6. The van der Waals surface area contributed by atoms with Crippen molar-refractivity contribution >= 4 is 28.3 Å². The summed E-state index contributed by atoms with van der Waals surface area (Å²) in [7, 11) is 1.90. The predicted octanol–water partition coefficient (Wildman–Crippen LogP) is 3.42. The van der Waals surface area contributed by atoms with Gasteiger partial charge in [0.05, 0.1) is 18.9 Å². The van der Waals surface area contributed by atoms with Gasteiger partial charge in [0, 0.05) is 61.9 Å². The van der Waals surface area contributed by atoms with Gasteiger partial charge in [0.1, 0.15) is 0 Å². The lowest BCUT2D eigenvalue weighted by molar-refractivity contribution is -0.130. The highest BCUT2D eigenvalue weighted by Gasteiger charge is 2.20. The smallest absolute Gasteiger partial charge is 0.257 e. The summed E-state index contributed by atoms with van der Waals surface area (Å²) < 4.78 is 5.76. The first-order valence-electron chi connectivity index (χ1n) is 12.2. The number of ether oxygens (including phenoxy) is 1. The number of amides is 2. The summed E-state index contributed by atoms with van der Waals surface area (Å²) in [5.41, 5.74) is 4.59. The predicted molar refractivity (Wildman–Crippen MR) is 144 cm³/mol. The normalized spacial score (nSPS) is 15.8. The van der Waals surface area contributed by atoms with E-state index >= 15 is 0 Å². The van der Waals surface area contributed by atoms with Gasteiger partial charge in [-0.1, -0.05) is 36.4 Å². The first-order valence-corrected chi connectivity index (χ1v) is 13.1. The Bertz CT molecular complexity index is 1160. The maximum atomic E-state index is 13.0. The van der Waals surface area contributed by atoms with E-state index in [0.717, 1.165) is 55.2 Å². The van der Waals surface area contributed by atoms with Crippen molar-refractivity contribution in [2.45, 2.75) is 20.0 Å². The van der Waals surface area contributed by atoms with Gasteiger partial charge in [-0.3, -0.25) is 14.9 Å². The fourth-order valence-corrected chi connectivity index (χ4v) is 4.88. The Kier molecular flexibility index (Phi) is 9.05. The average molecular weight is 508 g/mol.